The molecule has 1 radical (unpaired) electrons. The Balaban J connectivity index is 2.12. The molecule has 0 aliphatic carbocycles. The predicted octanol–water partition coefficient (Wildman–Crippen LogP) is 2.02. The van der Waals surface area contributed by atoms with Gasteiger partial charge < -0.3 is 5.32 Å². The van der Waals surface area contributed by atoms with Crippen molar-refractivity contribution in [2.24, 2.45) is 5.92 Å². The minimum atomic E-state index is 0.197. The number of nitrogens with zero attached hydrogens (tertiary/aromatic N) is 2. The van der Waals surface area contributed by atoms with E-state index < -0.39 is 0 Å². The van der Waals surface area contributed by atoms with Crippen LogP contribution in [0.15, 0.2) is 0 Å². The van der Waals surface area contributed by atoms with Crippen molar-refractivity contribution < 1.29 is 4.79 Å². The second kappa shape index (κ2) is 9.35. The maximum Gasteiger partial charge on any atom is 0.220 e. The van der Waals surface area contributed by atoms with Gasteiger partial charge in [-0.3, -0.25) is 9.69 Å². The van der Waals surface area contributed by atoms with Crippen LogP contribution in [0.4, 0.5) is 0 Å². The molecule has 0 saturated carbocycles. The van der Waals surface area contributed by atoms with Crippen LogP contribution in [0, 0.1) is 5.92 Å². The molecule has 1 heterocycles. The molecule has 1 aliphatic heterocycles. The van der Waals surface area contributed by atoms with Crippen molar-refractivity contribution in [3.63, 3.8) is 0 Å². The molecule has 1 fully saturated rings. The van der Waals surface area contributed by atoms with E-state index in [2.05, 4.69) is 43.2 Å². The Bertz CT molecular complexity index is 265. The summed E-state index contributed by atoms with van der Waals surface area (Å²) in [6.07, 6.45) is 4.09. The Morgan fingerprint density at radius 2 is 2.00 bits per heavy atom. The lowest BCUT2D eigenvalue weighted by atomic mass is 9.94. The Morgan fingerprint density at radius 1 is 1.30 bits per heavy atom. The molecule has 1 unspecified atom stereocenters. The second-order valence-electron chi connectivity index (χ2n) is 6.45. The van der Waals surface area contributed by atoms with Gasteiger partial charge in [0.25, 0.3) is 0 Å². The molecule has 1 rings (SSSR count). The van der Waals surface area contributed by atoms with E-state index in [1.54, 1.807) is 0 Å². The molecule has 0 aromatic carbocycles. The van der Waals surface area contributed by atoms with Gasteiger partial charge in [0, 0.05) is 44.7 Å². The van der Waals surface area contributed by atoms with Gasteiger partial charge in [-0.15, -0.1) is 0 Å². The molecule has 117 valence electrons. The number of carbonyl (C=O) groups is 1. The fourth-order valence-corrected chi connectivity index (χ4v) is 2.95. The highest BCUT2D eigenvalue weighted by Gasteiger charge is 2.16. The highest BCUT2D eigenvalue weighted by atomic mass is 16.1. The van der Waals surface area contributed by atoms with Gasteiger partial charge in [-0.2, -0.15) is 0 Å². The minimum Gasteiger partial charge on any atom is -0.355 e. The molecule has 4 nitrogen and oxygen atoms in total. The number of hydrogen-bond acceptors (Lipinski definition) is 2. The monoisotopic (exact) mass is 282 g/mol. The van der Waals surface area contributed by atoms with Gasteiger partial charge in [0.05, 0.1) is 0 Å². The van der Waals surface area contributed by atoms with Gasteiger partial charge in [-0.25, -0.2) is 5.32 Å². The largest absolute Gasteiger partial charge is 0.355 e. The quantitative estimate of drug-likeness (QED) is 0.740. The first-order valence-electron chi connectivity index (χ1n) is 8.16. The fraction of sp³-hybridized carbons (Fsp3) is 0.938. The maximum absolute atomic E-state index is 11.8. The van der Waals surface area contributed by atoms with Crippen LogP contribution in [-0.4, -0.2) is 49.1 Å². The van der Waals surface area contributed by atoms with Crippen LogP contribution in [0.2, 0.25) is 0 Å². The normalized spacial score (nSPS) is 19.9. The van der Waals surface area contributed by atoms with Crippen molar-refractivity contribution in [3.05, 3.63) is 0 Å². The molecule has 1 N–H and O–H groups in total. The van der Waals surface area contributed by atoms with Gasteiger partial charge in [-0.1, -0.05) is 0 Å². The molecule has 0 aromatic heterocycles. The van der Waals surface area contributed by atoms with E-state index >= 15 is 0 Å². The minimum absolute atomic E-state index is 0.197. The van der Waals surface area contributed by atoms with Crippen molar-refractivity contribution in [1.29, 1.82) is 0 Å². The first kappa shape index (κ1) is 17.4. The lowest BCUT2D eigenvalue weighted by Crippen LogP contribution is -2.42. The summed E-state index contributed by atoms with van der Waals surface area (Å²) in [5.41, 5.74) is 0. The number of hydrogen-bond donors (Lipinski definition) is 1. The molecule has 0 aromatic rings. The predicted molar refractivity (Wildman–Crippen MR) is 83.8 cm³/mol. The zero-order chi connectivity index (χ0) is 15.0. The topological polar surface area (TPSA) is 46.4 Å². The van der Waals surface area contributed by atoms with Crippen molar-refractivity contribution in [2.75, 3.05) is 26.2 Å². The molecular weight excluding hydrogens is 250 g/mol. The second-order valence-corrected chi connectivity index (χ2v) is 6.45. The van der Waals surface area contributed by atoms with E-state index in [9.17, 15) is 4.79 Å². The van der Waals surface area contributed by atoms with Gasteiger partial charge in [0.1, 0.15) is 0 Å². The lowest BCUT2D eigenvalue weighted by Gasteiger charge is -2.30. The summed E-state index contributed by atoms with van der Waals surface area (Å²) in [5, 5.41) is 7.47. The molecule has 0 bridgehead atoms. The summed E-state index contributed by atoms with van der Waals surface area (Å²) in [6.45, 7) is 12.5. The fourth-order valence-electron chi connectivity index (χ4n) is 2.95. The van der Waals surface area contributed by atoms with Gasteiger partial charge in [0.2, 0.25) is 5.91 Å². The number of piperidine rings is 1. The van der Waals surface area contributed by atoms with Crippen LogP contribution < -0.4 is 10.6 Å². The third-order valence-corrected chi connectivity index (χ3v) is 4.11. The molecule has 1 aliphatic rings. The third kappa shape index (κ3) is 6.71. The van der Waals surface area contributed by atoms with Gasteiger partial charge in [-0.05, 0) is 52.9 Å². The number of rotatable bonds is 8. The van der Waals surface area contributed by atoms with Crippen molar-refractivity contribution in [2.45, 2.75) is 65.5 Å². The van der Waals surface area contributed by atoms with Crippen LogP contribution in [-0.2, 0) is 4.79 Å². The lowest BCUT2D eigenvalue weighted by molar-refractivity contribution is -0.121. The standard InChI is InChI=1S/C16H32N3O/c1-13(2)19(14(3)4)11-10-18-16(20)8-7-15-6-5-9-17-12-15/h13-15H,5-12H2,1-4H3,(H,18,20). The summed E-state index contributed by atoms with van der Waals surface area (Å²) in [5.74, 6) is 0.834. The van der Waals surface area contributed by atoms with Crippen LogP contribution in [0.3, 0.4) is 0 Å². The van der Waals surface area contributed by atoms with Crippen LogP contribution >= 0.6 is 0 Å². The number of amides is 1. The first-order chi connectivity index (χ1) is 9.50. The molecule has 1 atom stereocenters. The summed E-state index contributed by atoms with van der Waals surface area (Å²) in [7, 11) is 0. The van der Waals surface area contributed by atoms with Crippen molar-refractivity contribution in [3.8, 4) is 0 Å². The van der Waals surface area contributed by atoms with E-state index in [1.165, 1.54) is 12.8 Å². The summed E-state index contributed by atoms with van der Waals surface area (Å²) < 4.78 is 0. The summed E-state index contributed by atoms with van der Waals surface area (Å²) in [4.78, 5) is 14.2. The molecule has 4 heteroatoms. The molecule has 1 saturated heterocycles. The average Bonchev–Trinajstić information content (AvgIpc) is 2.41. The third-order valence-electron chi connectivity index (χ3n) is 4.11. The Kier molecular flexibility index (Phi) is 8.15. The first-order valence-corrected chi connectivity index (χ1v) is 8.16. The van der Waals surface area contributed by atoms with Gasteiger partial charge in [0.15, 0.2) is 0 Å². The SMILES string of the molecule is CC(C)N(CCNC(=O)CCC1CCC[N]C1)C(C)C. The Hall–Kier alpha value is -0.610. The van der Waals surface area contributed by atoms with Crippen LogP contribution in [0.25, 0.3) is 0 Å². The van der Waals surface area contributed by atoms with Crippen molar-refractivity contribution >= 4 is 5.91 Å². The van der Waals surface area contributed by atoms with E-state index in [1.807, 2.05) is 0 Å². The van der Waals surface area contributed by atoms with Gasteiger partial charge >= 0.3 is 0 Å². The summed E-state index contributed by atoms with van der Waals surface area (Å²) in [6, 6.07) is 1.05. The van der Waals surface area contributed by atoms with E-state index in [-0.39, 0.29) is 5.91 Å². The van der Waals surface area contributed by atoms with E-state index in [0.29, 0.717) is 24.4 Å². The van der Waals surface area contributed by atoms with E-state index in [0.717, 1.165) is 32.6 Å². The molecule has 1 amide bonds. The number of nitrogens with one attached hydrogen (secondary N) is 1. The van der Waals surface area contributed by atoms with Crippen molar-refractivity contribution in [1.82, 2.24) is 15.5 Å². The molecular formula is C16H32N3O. The molecule has 0 spiro atoms. The maximum atomic E-state index is 11.8. The summed E-state index contributed by atoms with van der Waals surface area (Å²) >= 11 is 0. The highest BCUT2D eigenvalue weighted by molar-refractivity contribution is 5.75. The smallest absolute Gasteiger partial charge is 0.220 e. The number of carbonyl (C=O) groups excluding carboxylic acids is 1. The van der Waals surface area contributed by atoms with Crippen LogP contribution in [0.5, 0.6) is 0 Å². The zero-order valence-corrected chi connectivity index (χ0v) is 13.7. The molecule has 20 heavy (non-hydrogen) atoms. The average molecular weight is 282 g/mol. The zero-order valence-electron chi connectivity index (χ0n) is 13.7. The Morgan fingerprint density at radius 3 is 2.55 bits per heavy atom. The Labute approximate surface area is 124 Å². The highest BCUT2D eigenvalue weighted by Crippen LogP contribution is 2.16. The van der Waals surface area contributed by atoms with Crippen LogP contribution in [0.1, 0.15) is 53.4 Å². The van der Waals surface area contributed by atoms with E-state index in [4.69, 9.17) is 0 Å².